The summed E-state index contributed by atoms with van der Waals surface area (Å²) >= 11 is 0. The monoisotopic (exact) mass is 488 g/mol. The average Bonchev–Trinajstić information content (AvgIpc) is 2.86. The van der Waals surface area contributed by atoms with Gasteiger partial charge in [0.1, 0.15) is 5.75 Å². The first-order chi connectivity index (χ1) is 16.3. The van der Waals surface area contributed by atoms with Crippen molar-refractivity contribution in [1.29, 1.82) is 0 Å². The van der Waals surface area contributed by atoms with E-state index in [4.69, 9.17) is 9.47 Å². The van der Waals surface area contributed by atoms with E-state index >= 15 is 0 Å². The minimum Gasteiger partial charge on any atom is -0.496 e. The van der Waals surface area contributed by atoms with Gasteiger partial charge in [-0.2, -0.15) is 4.31 Å². The molecule has 1 N–H and O–H groups in total. The molecule has 7 nitrogen and oxygen atoms in total. The molecule has 0 saturated carbocycles. The van der Waals surface area contributed by atoms with E-state index in [1.54, 1.807) is 25.3 Å². The van der Waals surface area contributed by atoms with Crippen LogP contribution in [0.15, 0.2) is 47.4 Å². The third kappa shape index (κ3) is 7.04. The van der Waals surface area contributed by atoms with E-state index in [0.717, 1.165) is 12.8 Å². The maximum absolute atomic E-state index is 13.0. The molecule has 1 aliphatic rings. The first kappa shape index (κ1) is 26.2. The van der Waals surface area contributed by atoms with Crippen LogP contribution in [0.1, 0.15) is 49.3 Å². The van der Waals surface area contributed by atoms with Crippen molar-refractivity contribution in [3.8, 4) is 5.75 Å². The fourth-order valence-corrected chi connectivity index (χ4v) is 5.43. The lowest BCUT2D eigenvalue weighted by Gasteiger charge is -2.26. The molecule has 2 aromatic rings. The predicted octanol–water partition coefficient (Wildman–Crippen LogP) is 3.52. The number of amides is 1. The Kier molecular flexibility index (Phi) is 9.50. The van der Waals surface area contributed by atoms with Gasteiger partial charge in [0, 0.05) is 26.1 Å². The van der Waals surface area contributed by atoms with Crippen LogP contribution in [0.5, 0.6) is 5.75 Å². The number of nitrogens with one attached hydrogen (secondary N) is 1. The maximum atomic E-state index is 13.0. The molecule has 1 aliphatic heterocycles. The molecule has 3 rings (SSSR count). The molecule has 0 radical (unpaired) electrons. The Morgan fingerprint density at radius 3 is 2.44 bits per heavy atom. The molecule has 1 heterocycles. The van der Waals surface area contributed by atoms with E-state index in [0.29, 0.717) is 56.5 Å². The van der Waals surface area contributed by atoms with Crippen molar-refractivity contribution in [2.24, 2.45) is 0 Å². The molecule has 186 valence electrons. The lowest BCUT2D eigenvalue weighted by atomic mass is 10.0. The standard InChI is InChI=1S/C26H36N2O5S/c1-20(2)22-8-6-21(7-9-22)5-4-14-27-26(29)13-10-23-19-24(11-12-25(23)32-3)34(30,31)28-15-17-33-18-16-28/h6-9,11-12,19-20H,4-5,10,13-18H2,1-3H3,(H,27,29). The third-order valence-electron chi connectivity index (χ3n) is 6.09. The lowest BCUT2D eigenvalue weighted by molar-refractivity contribution is -0.121. The Labute approximate surface area is 203 Å². The number of benzene rings is 2. The van der Waals surface area contributed by atoms with Crippen LogP contribution in [0.25, 0.3) is 0 Å². The van der Waals surface area contributed by atoms with Crippen LogP contribution in [0, 0.1) is 0 Å². The van der Waals surface area contributed by atoms with Crippen LogP contribution in [-0.4, -0.2) is 58.6 Å². The molecule has 1 saturated heterocycles. The molecular formula is C26H36N2O5S. The van der Waals surface area contributed by atoms with Gasteiger partial charge in [0.2, 0.25) is 15.9 Å². The van der Waals surface area contributed by atoms with Crippen LogP contribution in [0.2, 0.25) is 0 Å². The summed E-state index contributed by atoms with van der Waals surface area (Å²) in [6, 6.07) is 13.5. The van der Waals surface area contributed by atoms with Gasteiger partial charge in [-0.3, -0.25) is 4.79 Å². The Morgan fingerprint density at radius 1 is 1.09 bits per heavy atom. The first-order valence-corrected chi connectivity index (χ1v) is 13.4. The highest BCUT2D eigenvalue weighted by Crippen LogP contribution is 2.26. The van der Waals surface area contributed by atoms with Crippen LogP contribution in [0.4, 0.5) is 0 Å². The van der Waals surface area contributed by atoms with E-state index in [9.17, 15) is 13.2 Å². The number of carbonyl (C=O) groups is 1. The highest BCUT2D eigenvalue weighted by Gasteiger charge is 2.27. The summed E-state index contributed by atoms with van der Waals surface area (Å²) in [6.07, 6.45) is 2.44. The summed E-state index contributed by atoms with van der Waals surface area (Å²) in [5.74, 6) is 1.05. The summed E-state index contributed by atoms with van der Waals surface area (Å²) in [7, 11) is -2.06. The number of rotatable bonds is 11. The van der Waals surface area contributed by atoms with E-state index in [2.05, 4.69) is 43.4 Å². The topological polar surface area (TPSA) is 84.9 Å². The Balaban J connectivity index is 1.50. The minimum atomic E-state index is -3.60. The van der Waals surface area contributed by atoms with Crippen molar-refractivity contribution in [2.75, 3.05) is 40.0 Å². The van der Waals surface area contributed by atoms with Gasteiger partial charge in [0.05, 0.1) is 25.2 Å². The number of sulfonamides is 1. The second-order valence-corrected chi connectivity index (χ2v) is 10.8. The van der Waals surface area contributed by atoms with E-state index < -0.39 is 10.0 Å². The number of methoxy groups -OCH3 is 1. The van der Waals surface area contributed by atoms with E-state index in [1.165, 1.54) is 15.4 Å². The number of morpholine rings is 1. The summed E-state index contributed by atoms with van der Waals surface area (Å²) in [4.78, 5) is 12.6. The van der Waals surface area contributed by atoms with Gasteiger partial charge in [-0.1, -0.05) is 38.1 Å². The molecule has 1 fully saturated rings. The number of hydrogen-bond donors (Lipinski definition) is 1. The highest BCUT2D eigenvalue weighted by atomic mass is 32.2. The second-order valence-electron chi connectivity index (χ2n) is 8.84. The molecule has 0 unspecified atom stereocenters. The number of ether oxygens (including phenoxy) is 2. The summed E-state index contributed by atoms with van der Waals surface area (Å²) in [5, 5.41) is 2.97. The van der Waals surface area contributed by atoms with Crippen LogP contribution in [0.3, 0.4) is 0 Å². The quantitative estimate of drug-likeness (QED) is 0.489. The maximum Gasteiger partial charge on any atom is 0.243 e. The number of aryl methyl sites for hydroxylation is 2. The Bertz CT molecular complexity index is 1050. The Hall–Kier alpha value is -2.42. The fraction of sp³-hybridized carbons (Fsp3) is 0.500. The van der Waals surface area contributed by atoms with Gasteiger partial charge in [0.15, 0.2) is 0 Å². The molecule has 2 aromatic carbocycles. The van der Waals surface area contributed by atoms with Crippen molar-refractivity contribution in [1.82, 2.24) is 9.62 Å². The Morgan fingerprint density at radius 2 is 1.79 bits per heavy atom. The lowest BCUT2D eigenvalue weighted by Crippen LogP contribution is -2.40. The van der Waals surface area contributed by atoms with E-state index in [-0.39, 0.29) is 17.2 Å². The average molecular weight is 489 g/mol. The summed E-state index contributed by atoms with van der Waals surface area (Å²) < 4.78 is 38.0. The zero-order valence-corrected chi connectivity index (χ0v) is 21.2. The summed E-state index contributed by atoms with van der Waals surface area (Å²) in [5.41, 5.74) is 3.30. The molecule has 0 aromatic heterocycles. The van der Waals surface area contributed by atoms with Crippen molar-refractivity contribution < 1.29 is 22.7 Å². The number of nitrogens with zero attached hydrogens (tertiary/aromatic N) is 1. The van der Waals surface area contributed by atoms with E-state index in [1.807, 2.05) is 0 Å². The number of carbonyl (C=O) groups excluding carboxylic acids is 1. The molecule has 1 amide bonds. The SMILES string of the molecule is COc1ccc(S(=O)(=O)N2CCOCC2)cc1CCC(=O)NCCCc1ccc(C(C)C)cc1. The second kappa shape index (κ2) is 12.3. The predicted molar refractivity (Wildman–Crippen MR) is 133 cm³/mol. The van der Waals surface area contributed by atoms with Gasteiger partial charge >= 0.3 is 0 Å². The van der Waals surface area contributed by atoms with Crippen LogP contribution >= 0.6 is 0 Å². The molecular weight excluding hydrogens is 452 g/mol. The first-order valence-electron chi connectivity index (χ1n) is 11.9. The number of hydrogen-bond acceptors (Lipinski definition) is 5. The third-order valence-corrected chi connectivity index (χ3v) is 7.99. The fourth-order valence-electron chi connectivity index (χ4n) is 3.97. The van der Waals surface area contributed by atoms with Crippen molar-refractivity contribution >= 4 is 15.9 Å². The van der Waals surface area contributed by atoms with Gasteiger partial charge in [0.25, 0.3) is 0 Å². The molecule has 0 atom stereocenters. The van der Waals surface area contributed by atoms with Crippen LogP contribution in [-0.2, 0) is 32.4 Å². The van der Waals surface area contributed by atoms with Gasteiger partial charge in [-0.15, -0.1) is 0 Å². The molecule has 0 bridgehead atoms. The molecule has 34 heavy (non-hydrogen) atoms. The largest absolute Gasteiger partial charge is 0.496 e. The van der Waals surface area contributed by atoms with Gasteiger partial charge in [-0.25, -0.2) is 8.42 Å². The van der Waals surface area contributed by atoms with Crippen molar-refractivity contribution in [3.05, 3.63) is 59.2 Å². The van der Waals surface area contributed by atoms with Gasteiger partial charge < -0.3 is 14.8 Å². The minimum absolute atomic E-state index is 0.0568. The molecule has 0 aliphatic carbocycles. The van der Waals surface area contributed by atoms with Crippen molar-refractivity contribution in [3.63, 3.8) is 0 Å². The summed E-state index contributed by atoms with van der Waals surface area (Å²) in [6.45, 7) is 6.44. The highest BCUT2D eigenvalue weighted by molar-refractivity contribution is 7.89. The zero-order valence-electron chi connectivity index (χ0n) is 20.4. The normalized spacial score (nSPS) is 14.8. The molecule has 8 heteroatoms. The molecule has 0 spiro atoms. The van der Waals surface area contributed by atoms with Crippen LogP contribution < -0.4 is 10.1 Å². The smallest absolute Gasteiger partial charge is 0.243 e. The zero-order chi connectivity index (χ0) is 24.6. The van der Waals surface area contributed by atoms with Crippen molar-refractivity contribution in [2.45, 2.75) is 50.3 Å². The van der Waals surface area contributed by atoms with Gasteiger partial charge in [-0.05, 0) is 60.1 Å².